The van der Waals surface area contributed by atoms with Gasteiger partial charge in [0.15, 0.2) is 0 Å². The maximum Gasteiger partial charge on any atom is 0.280 e. The topological polar surface area (TPSA) is 66.5 Å². The van der Waals surface area contributed by atoms with Crippen LogP contribution in [0.15, 0.2) is 0 Å². The zero-order valence-corrected chi connectivity index (χ0v) is 10.7. The SMILES string of the molecule is CCCNS(=O)(=O)N1CCCCC1C(C)=O. The molecule has 0 aliphatic carbocycles. The van der Waals surface area contributed by atoms with Gasteiger partial charge in [-0.15, -0.1) is 0 Å². The van der Waals surface area contributed by atoms with E-state index in [9.17, 15) is 13.2 Å². The van der Waals surface area contributed by atoms with Crippen LogP contribution in [0.1, 0.15) is 39.5 Å². The molecule has 0 aromatic rings. The van der Waals surface area contributed by atoms with Crippen molar-refractivity contribution in [1.29, 1.82) is 0 Å². The maximum absolute atomic E-state index is 11.9. The fourth-order valence-corrected chi connectivity index (χ4v) is 3.50. The summed E-state index contributed by atoms with van der Waals surface area (Å²) in [4.78, 5) is 11.4. The van der Waals surface area contributed by atoms with E-state index in [1.54, 1.807) is 0 Å². The molecule has 1 saturated heterocycles. The van der Waals surface area contributed by atoms with E-state index in [0.717, 1.165) is 19.3 Å². The second-order valence-electron chi connectivity index (χ2n) is 4.13. The van der Waals surface area contributed by atoms with Crippen LogP contribution >= 0.6 is 0 Å². The standard InChI is InChI=1S/C10H20N2O3S/c1-3-7-11-16(14,15)12-8-5-4-6-10(12)9(2)13/h10-11H,3-8H2,1-2H3. The van der Waals surface area contributed by atoms with E-state index in [-0.39, 0.29) is 5.78 Å². The monoisotopic (exact) mass is 248 g/mol. The molecule has 1 unspecified atom stereocenters. The van der Waals surface area contributed by atoms with E-state index in [0.29, 0.717) is 19.5 Å². The van der Waals surface area contributed by atoms with Crippen molar-refractivity contribution in [3.05, 3.63) is 0 Å². The number of hydrogen-bond acceptors (Lipinski definition) is 3. The van der Waals surface area contributed by atoms with E-state index in [2.05, 4.69) is 4.72 Å². The van der Waals surface area contributed by atoms with Gasteiger partial charge in [0.25, 0.3) is 10.2 Å². The molecule has 1 fully saturated rings. The van der Waals surface area contributed by atoms with Crippen LogP contribution in [0.2, 0.25) is 0 Å². The van der Waals surface area contributed by atoms with Gasteiger partial charge in [0, 0.05) is 13.1 Å². The van der Waals surface area contributed by atoms with Gasteiger partial charge in [-0.3, -0.25) is 4.79 Å². The van der Waals surface area contributed by atoms with Crippen LogP contribution in [-0.2, 0) is 15.0 Å². The van der Waals surface area contributed by atoms with Crippen LogP contribution in [0.25, 0.3) is 0 Å². The normalized spacial score (nSPS) is 23.2. The van der Waals surface area contributed by atoms with Crippen molar-refractivity contribution in [2.75, 3.05) is 13.1 Å². The lowest BCUT2D eigenvalue weighted by Gasteiger charge is -2.32. The molecule has 1 N–H and O–H groups in total. The van der Waals surface area contributed by atoms with Crippen molar-refractivity contribution in [2.24, 2.45) is 0 Å². The Morgan fingerprint density at radius 1 is 1.44 bits per heavy atom. The summed E-state index contributed by atoms with van der Waals surface area (Å²) >= 11 is 0. The molecule has 1 rings (SSSR count). The van der Waals surface area contributed by atoms with Crippen molar-refractivity contribution >= 4 is 16.0 Å². The number of ketones is 1. The fourth-order valence-electron chi connectivity index (χ4n) is 1.91. The number of nitrogens with one attached hydrogen (secondary N) is 1. The van der Waals surface area contributed by atoms with Crippen molar-refractivity contribution in [2.45, 2.75) is 45.6 Å². The number of hydrogen-bond donors (Lipinski definition) is 1. The summed E-state index contributed by atoms with van der Waals surface area (Å²) < 4.78 is 27.7. The Morgan fingerprint density at radius 3 is 2.69 bits per heavy atom. The molecule has 16 heavy (non-hydrogen) atoms. The number of piperidine rings is 1. The van der Waals surface area contributed by atoms with Gasteiger partial charge >= 0.3 is 0 Å². The zero-order chi connectivity index (χ0) is 12.2. The highest BCUT2D eigenvalue weighted by Gasteiger charge is 2.34. The fraction of sp³-hybridized carbons (Fsp3) is 0.900. The Hall–Kier alpha value is -0.460. The minimum atomic E-state index is -3.48. The summed E-state index contributed by atoms with van der Waals surface area (Å²) in [5, 5.41) is 0. The summed E-state index contributed by atoms with van der Waals surface area (Å²) in [5.74, 6) is -0.0680. The molecule has 1 atom stereocenters. The first-order chi connectivity index (χ1) is 7.49. The van der Waals surface area contributed by atoms with Gasteiger partial charge in [0.2, 0.25) is 0 Å². The third-order valence-corrected chi connectivity index (χ3v) is 4.39. The number of nitrogens with zero attached hydrogens (tertiary/aromatic N) is 1. The molecule has 0 saturated carbocycles. The lowest BCUT2D eigenvalue weighted by molar-refractivity contribution is -0.121. The minimum Gasteiger partial charge on any atom is -0.298 e. The third kappa shape index (κ3) is 3.26. The summed E-state index contributed by atoms with van der Waals surface area (Å²) in [6, 6.07) is -0.469. The van der Waals surface area contributed by atoms with Gasteiger partial charge in [-0.25, -0.2) is 4.72 Å². The molecule has 5 nitrogen and oxygen atoms in total. The predicted molar refractivity (Wildman–Crippen MR) is 62.2 cm³/mol. The molecular weight excluding hydrogens is 228 g/mol. The molecule has 1 heterocycles. The highest BCUT2D eigenvalue weighted by Crippen LogP contribution is 2.20. The first-order valence-electron chi connectivity index (χ1n) is 5.76. The molecule has 0 bridgehead atoms. The first-order valence-corrected chi connectivity index (χ1v) is 7.20. The summed E-state index contributed by atoms with van der Waals surface area (Å²) in [5.41, 5.74) is 0. The van der Waals surface area contributed by atoms with Crippen LogP contribution in [0, 0.1) is 0 Å². The van der Waals surface area contributed by atoms with Crippen LogP contribution in [0.5, 0.6) is 0 Å². The number of Topliss-reactive ketones (excluding diaryl/α,β-unsaturated/α-hetero) is 1. The van der Waals surface area contributed by atoms with Gasteiger partial charge in [-0.05, 0) is 26.2 Å². The quantitative estimate of drug-likeness (QED) is 0.778. The Bertz CT molecular complexity index is 340. The van der Waals surface area contributed by atoms with Gasteiger partial charge in [0.1, 0.15) is 5.78 Å². The molecule has 0 aromatic carbocycles. The second kappa shape index (κ2) is 5.75. The highest BCUT2D eigenvalue weighted by atomic mass is 32.2. The minimum absolute atomic E-state index is 0.0680. The number of carbonyl (C=O) groups is 1. The molecular formula is C10H20N2O3S. The zero-order valence-electron chi connectivity index (χ0n) is 9.90. The van der Waals surface area contributed by atoms with Gasteiger partial charge in [0.05, 0.1) is 6.04 Å². The third-order valence-electron chi connectivity index (χ3n) is 2.77. The summed E-state index contributed by atoms with van der Waals surface area (Å²) in [6.45, 7) is 4.23. The van der Waals surface area contributed by atoms with E-state index < -0.39 is 16.3 Å². The van der Waals surface area contributed by atoms with Crippen molar-refractivity contribution in [3.8, 4) is 0 Å². The Morgan fingerprint density at radius 2 is 2.12 bits per heavy atom. The maximum atomic E-state index is 11.9. The van der Waals surface area contributed by atoms with Crippen molar-refractivity contribution < 1.29 is 13.2 Å². The molecule has 94 valence electrons. The van der Waals surface area contributed by atoms with Crippen LogP contribution in [0.4, 0.5) is 0 Å². The number of carbonyl (C=O) groups excluding carboxylic acids is 1. The average molecular weight is 248 g/mol. The summed E-state index contributed by atoms with van der Waals surface area (Å²) in [6.07, 6.45) is 3.14. The predicted octanol–water partition coefficient (Wildman–Crippen LogP) is 0.674. The second-order valence-corrected chi connectivity index (χ2v) is 5.84. The molecule has 1 aliphatic rings. The van der Waals surface area contributed by atoms with E-state index >= 15 is 0 Å². The van der Waals surface area contributed by atoms with E-state index in [1.165, 1.54) is 11.2 Å². The van der Waals surface area contributed by atoms with E-state index in [4.69, 9.17) is 0 Å². The lowest BCUT2D eigenvalue weighted by atomic mass is 10.0. The van der Waals surface area contributed by atoms with Gasteiger partial charge in [-0.1, -0.05) is 13.3 Å². The van der Waals surface area contributed by atoms with Gasteiger partial charge in [-0.2, -0.15) is 12.7 Å². The molecule has 6 heteroatoms. The van der Waals surface area contributed by atoms with Crippen molar-refractivity contribution in [1.82, 2.24) is 9.03 Å². The Balaban J connectivity index is 2.78. The van der Waals surface area contributed by atoms with Crippen LogP contribution < -0.4 is 4.72 Å². The van der Waals surface area contributed by atoms with Crippen LogP contribution in [0.3, 0.4) is 0 Å². The Labute approximate surface area is 97.4 Å². The summed E-state index contributed by atoms with van der Waals surface area (Å²) in [7, 11) is -3.48. The van der Waals surface area contributed by atoms with Gasteiger partial charge < -0.3 is 0 Å². The molecule has 1 aliphatic heterocycles. The molecule has 0 spiro atoms. The molecule has 0 amide bonds. The first kappa shape index (κ1) is 13.6. The smallest absolute Gasteiger partial charge is 0.280 e. The van der Waals surface area contributed by atoms with E-state index in [1.807, 2.05) is 6.92 Å². The average Bonchev–Trinajstić information content (AvgIpc) is 2.26. The van der Waals surface area contributed by atoms with Crippen molar-refractivity contribution in [3.63, 3.8) is 0 Å². The number of rotatable bonds is 5. The largest absolute Gasteiger partial charge is 0.298 e. The highest BCUT2D eigenvalue weighted by molar-refractivity contribution is 7.87. The molecule has 0 radical (unpaired) electrons. The lowest BCUT2D eigenvalue weighted by Crippen LogP contribution is -2.51. The van der Waals surface area contributed by atoms with Crippen LogP contribution in [-0.4, -0.2) is 37.6 Å². The molecule has 0 aromatic heterocycles. The Kier molecular flexibility index (Phi) is 4.89.